The van der Waals surface area contributed by atoms with Crippen LogP contribution in [0.4, 0.5) is 0 Å². The summed E-state index contributed by atoms with van der Waals surface area (Å²) in [4.78, 5) is 11.8. The molecule has 7 atom stereocenters. The fourth-order valence-corrected chi connectivity index (χ4v) is 4.33. The fourth-order valence-electron chi connectivity index (χ4n) is 4.33. The molecule has 100 valence electrons. The molecule has 0 amide bonds. The van der Waals surface area contributed by atoms with E-state index in [1.165, 1.54) is 5.57 Å². The number of hydrogen-bond donors (Lipinski definition) is 1. The maximum Gasteiger partial charge on any atom is 0.309 e. The molecule has 1 saturated heterocycles. The Morgan fingerprint density at radius 1 is 1.39 bits per heavy atom. The number of esters is 1. The van der Waals surface area contributed by atoms with E-state index in [-0.39, 0.29) is 35.9 Å². The Bertz CT molecular complexity index is 389. The molecule has 0 aromatic heterocycles. The second-order valence-corrected chi connectivity index (χ2v) is 6.40. The second kappa shape index (κ2) is 4.09. The van der Waals surface area contributed by atoms with Gasteiger partial charge in [0.15, 0.2) is 0 Å². The van der Waals surface area contributed by atoms with E-state index < -0.39 is 0 Å². The van der Waals surface area contributed by atoms with Crippen molar-refractivity contribution in [1.82, 2.24) is 0 Å². The minimum atomic E-state index is -0.273. The lowest BCUT2D eigenvalue weighted by molar-refractivity contribution is -0.146. The van der Waals surface area contributed by atoms with Crippen LogP contribution in [0.3, 0.4) is 0 Å². The molecule has 18 heavy (non-hydrogen) atoms. The highest BCUT2D eigenvalue weighted by atomic mass is 16.6. The van der Waals surface area contributed by atoms with E-state index in [9.17, 15) is 9.90 Å². The third-order valence-electron chi connectivity index (χ3n) is 5.56. The summed E-state index contributed by atoms with van der Waals surface area (Å²) in [5, 5.41) is 10.1. The number of carbonyl (C=O) groups excluding carboxylic acids is 1. The number of aliphatic hydroxyl groups is 1. The van der Waals surface area contributed by atoms with Gasteiger partial charge in [-0.25, -0.2) is 0 Å². The van der Waals surface area contributed by atoms with E-state index >= 15 is 0 Å². The lowest BCUT2D eigenvalue weighted by Crippen LogP contribution is -2.33. The summed E-state index contributed by atoms with van der Waals surface area (Å²) in [5.74, 6) is 1.08. The number of carbonyl (C=O) groups is 1. The number of aliphatic hydroxyl groups excluding tert-OH is 1. The minimum absolute atomic E-state index is 0.00361. The van der Waals surface area contributed by atoms with Crippen molar-refractivity contribution in [1.29, 1.82) is 0 Å². The van der Waals surface area contributed by atoms with Crippen LogP contribution >= 0.6 is 0 Å². The average molecular weight is 250 g/mol. The van der Waals surface area contributed by atoms with Gasteiger partial charge in [0, 0.05) is 11.8 Å². The Morgan fingerprint density at radius 3 is 2.83 bits per heavy atom. The van der Waals surface area contributed by atoms with Crippen molar-refractivity contribution in [3.8, 4) is 0 Å². The molecule has 0 aromatic rings. The van der Waals surface area contributed by atoms with Gasteiger partial charge in [0.1, 0.15) is 6.10 Å². The van der Waals surface area contributed by atoms with Crippen LogP contribution in [-0.4, -0.2) is 23.3 Å². The van der Waals surface area contributed by atoms with E-state index in [0.29, 0.717) is 11.8 Å². The SMILES string of the molecule is C=C1CC[C@@H]2C(OC(=O)[C@H]2C)[C@H]2[C@@H](C)[C@@H](O)C[C@@H]12. The lowest BCUT2D eigenvalue weighted by atomic mass is 9.78. The van der Waals surface area contributed by atoms with E-state index in [4.69, 9.17) is 4.74 Å². The molecule has 1 heterocycles. The smallest absolute Gasteiger partial charge is 0.309 e. The van der Waals surface area contributed by atoms with Crippen molar-refractivity contribution in [3.63, 3.8) is 0 Å². The van der Waals surface area contributed by atoms with Crippen molar-refractivity contribution in [2.75, 3.05) is 0 Å². The van der Waals surface area contributed by atoms with Crippen molar-refractivity contribution >= 4 is 5.97 Å². The maximum absolute atomic E-state index is 11.8. The van der Waals surface area contributed by atoms with Gasteiger partial charge in [-0.3, -0.25) is 4.79 Å². The molecule has 1 N–H and O–H groups in total. The highest BCUT2D eigenvalue weighted by molar-refractivity contribution is 5.75. The van der Waals surface area contributed by atoms with E-state index in [2.05, 4.69) is 13.5 Å². The highest BCUT2D eigenvalue weighted by Crippen LogP contribution is 2.52. The zero-order chi connectivity index (χ0) is 13.0. The number of hydrogen-bond acceptors (Lipinski definition) is 3. The molecule has 3 fully saturated rings. The van der Waals surface area contributed by atoms with E-state index in [0.717, 1.165) is 19.3 Å². The fraction of sp³-hybridized carbons (Fsp3) is 0.800. The van der Waals surface area contributed by atoms with Gasteiger partial charge in [-0.2, -0.15) is 0 Å². The van der Waals surface area contributed by atoms with E-state index in [1.54, 1.807) is 0 Å². The molecule has 1 unspecified atom stereocenters. The van der Waals surface area contributed by atoms with Gasteiger partial charge >= 0.3 is 5.97 Å². The van der Waals surface area contributed by atoms with Crippen LogP contribution in [0.2, 0.25) is 0 Å². The molecule has 0 spiro atoms. The predicted molar refractivity (Wildman–Crippen MR) is 67.7 cm³/mol. The largest absolute Gasteiger partial charge is 0.462 e. The first-order chi connectivity index (χ1) is 8.50. The molecule has 3 heteroatoms. The molecule has 3 aliphatic rings. The third-order valence-corrected chi connectivity index (χ3v) is 5.56. The molecular formula is C15H22O3. The van der Waals surface area contributed by atoms with E-state index in [1.807, 2.05) is 6.92 Å². The maximum atomic E-state index is 11.8. The Morgan fingerprint density at radius 2 is 2.11 bits per heavy atom. The Labute approximate surface area is 108 Å². The topological polar surface area (TPSA) is 46.5 Å². The molecule has 0 bridgehead atoms. The van der Waals surface area contributed by atoms with Crippen LogP contribution in [-0.2, 0) is 9.53 Å². The first-order valence-corrected chi connectivity index (χ1v) is 7.07. The molecule has 0 radical (unpaired) electrons. The molecule has 2 aliphatic carbocycles. The summed E-state index contributed by atoms with van der Waals surface area (Å²) in [6, 6.07) is 0. The molecule has 3 nitrogen and oxygen atoms in total. The summed E-state index contributed by atoms with van der Waals surface area (Å²) >= 11 is 0. The van der Waals surface area contributed by atoms with Crippen LogP contribution in [0.5, 0.6) is 0 Å². The van der Waals surface area contributed by atoms with Crippen LogP contribution < -0.4 is 0 Å². The summed E-state index contributed by atoms with van der Waals surface area (Å²) in [6.45, 7) is 8.27. The molecular weight excluding hydrogens is 228 g/mol. The average Bonchev–Trinajstić information content (AvgIpc) is 2.72. The first kappa shape index (κ1) is 12.2. The second-order valence-electron chi connectivity index (χ2n) is 6.40. The Balaban J connectivity index is 1.96. The van der Waals surface area contributed by atoms with Crippen LogP contribution in [0, 0.1) is 29.6 Å². The lowest BCUT2D eigenvalue weighted by Gasteiger charge is -2.29. The van der Waals surface area contributed by atoms with Crippen LogP contribution in [0.25, 0.3) is 0 Å². The minimum Gasteiger partial charge on any atom is -0.462 e. The van der Waals surface area contributed by atoms with Gasteiger partial charge in [0.25, 0.3) is 0 Å². The summed E-state index contributed by atoms with van der Waals surface area (Å²) in [7, 11) is 0. The van der Waals surface area contributed by atoms with Gasteiger partial charge in [0.05, 0.1) is 12.0 Å². The summed E-state index contributed by atoms with van der Waals surface area (Å²) < 4.78 is 5.65. The van der Waals surface area contributed by atoms with Gasteiger partial charge in [-0.1, -0.05) is 26.0 Å². The molecule has 0 aromatic carbocycles. The Hall–Kier alpha value is -0.830. The zero-order valence-corrected chi connectivity index (χ0v) is 11.1. The Kier molecular flexibility index (Phi) is 2.77. The summed E-state index contributed by atoms with van der Waals surface area (Å²) in [5.41, 5.74) is 1.25. The van der Waals surface area contributed by atoms with Crippen molar-refractivity contribution < 1.29 is 14.6 Å². The summed E-state index contributed by atoms with van der Waals surface area (Å²) in [6.07, 6.45) is 2.50. The zero-order valence-electron chi connectivity index (χ0n) is 11.1. The van der Waals surface area contributed by atoms with Crippen molar-refractivity contribution in [2.24, 2.45) is 29.6 Å². The third kappa shape index (κ3) is 1.56. The van der Waals surface area contributed by atoms with Crippen LogP contribution in [0.15, 0.2) is 12.2 Å². The number of rotatable bonds is 0. The number of allylic oxidation sites excluding steroid dienone is 1. The normalized spacial score (nSPS) is 51.6. The quantitative estimate of drug-likeness (QED) is 0.529. The van der Waals surface area contributed by atoms with Gasteiger partial charge < -0.3 is 9.84 Å². The number of fused-ring (bicyclic) bond motifs is 3. The molecule has 2 saturated carbocycles. The van der Waals surface area contributed by atoms with Crippen molar-refractivity contribution in [2.45, 2.75) is 45.3 Å². The molecule has 1 aliphatic heterocycles. The standard InChI is InChI=1S/C15H22O3/c1-7-4-5-10-8(2)15(17)18-14(10)13-9(3)12(16)6-11(7)13/h8-14,16H,1,4-6H2,2-3H3/t8-,9-,10-,11-,12-,13-,14?/m0/s1. The highest BCUT2D eigenvalue weighted by Gasteiger charge is 2.55. The monoisotopic (exact) mass is 250 g/mol. The molecule has 3 rings (SSSR count). The van der Waals surface area contributed by atoms with Crippen molar-refractivity contribution in [3.05, 3.63) is 12.2 Å². The van der Waals surface area contributed by atoms with Gasteiger partial charge in [-0.05, 0) is 31.1 Å². The predicted octanol–water partition coefficient (Wildman–Crippen LogP) is 2.15. The van der Waals surface area contributed by atoms with Gasteiger partial charge in [0.2, 0.25) is 0 Å². The number of ether oxygens (including phenoxy) is 1. The van der Waals surface area contributed by atoms with Gasteiger partial charge in [-0.15, -0.1) is 0 Å². The van der Waals surface area contributed by atoms with Crippen LogP contribution in [0.1, 0.15) is 33.1 Å². The first-order valence-electron chi connectivity index (χ1n) is 7.07.